The summed E-state index contributed by atoms with van der Waals surface area (Å²) in [6, 6.07) is 0. The molecule has 0 unspecified atom stereocenters. The van der Waals surface area contributed by atoms with Gasteiger partial charge in [-0.15, -0.1) is 11.8 Å². The molecule has 2 rings (SSSR count). The molecule has 1 amide bonds. The molecular formula is C12H22N2OS. The third-order valence-corrected chi connectivity index (χ3v) is 5.01. The van der Waals surface area contributed by atoms with Crippen LogP contribution in [0.1, 0.15) is 39.0 Å². The van der Waals surface area contributed by atoms with Crippen LogP contribution < -0.4 is 10.6 Å². The van der Waals surface area contributed by atoms with Crippen molar-refractivity contribution < 1.29 is 4.79 Å². The van der Waals surface area contributed by atoms with Crippen LogP contribution in [-0.4, -0.2) is 35.5 Å². The molecule has 0 atom stereocenters. The minimum Gasteiger partial charge on any atom is -0.350 e. The van der Waals surface area contributed by atoms with Gasteiger partial charge in [0.15, 0.2) is 0 Å². The second kappa shape index (κ2) is 5.41. The number of thioether (sulfide) groups is 1. The summed E-state index contributed by atoms with van der Waals surface area (Å²) in [6.07, 6.45) is 5.97. The molecule has 0 spiro atoms. The molecule has 4 heteroatoms. The van der Waals surface area contributed by atoms with Crippen LogP contribution in [0.3, 0.4) is 0 Å². The van der Waals surface area contributed by atoms with Crippen molar-refractivity contribution >= 4 is 17.7 Å². The summed E-state index contributed by atoms with van der Waals surface area (Å²) in [5, 5.41) is 7.18. The average Bonchev–Trinajstić information content (AvgIpc) is 2.26. The Bertz CT molecular complexity index is 247. The van der Waals surface area contributed by atoms with Crippen LogP contribution in [0.5, 0.6) is 0 Å². The number of piperidine rings is 1. The zero-order valence-corrected chi connectivity index (χ0v) is 10.9. The van der Waals surface area contributed by atoms with Crippen molar-refractivity contribution in [2.45, 2.75) is 49.8 Å². The first-order valence-corrected chi connectivity index (χ1v) is 7.36. The van der Waals surface area contributed by atoms with Gasteiger partial charge in [0.2, 0.25) is 5.91 Å². The van der Waals surface area contributed by atoms with Crippen molar-refractivity contribution in [2.24, 2.45) is 0 Å². The van der Waals surface area contributed by atoms with Crippen LogP contribution in [0.25, 0.3) is 0 Å². The molecule has 1 saturated carbocycles. The second-order valence-electron chi connectivity index (χ2n) is 5.22. The first-order chi connectivity index (χ1) is 7.68. The van der Waals surface area contributed by atoms with Gasteiger partial charge in [-0.1, -0.05) is 0 Å². The topological polar surface area (TPSA) is 41.1 Å². The summed E-state index contributed by atoms with van der Waals surface area (Å²) >= 11 is 1.83. The number of carbonyl (C=O) groups is 1. The van der Waals surface area contributed by atoms with Gasteiger partial charge < -0.3 is 10.6 Å². The van der Waals surface area contributed by atoms with Gasteiger partial charge in [-0.3, -0.25) is 4.79 Å². The average molecular weight is 242 g/mol. The van der Waals surface area contributed by atoms with E-state index in [1.165, 1.54) is 19.3 Å². The molecule has 1 saturated heterocycles. The number of hydrogen-bond acceptors (Lipinski definition) is 3. The maximum atomic E-state index is 11.7. The Morgan fingerprint density at radius 1 is 1.44 bits per heavy atom. The normalized spacial score (nSPS) is 24.8. The Morgan fingerprint density at radius 2 is 2.12 bits per heavy atom. The Balaban J connectivity index is 1.63. The molecule has 92 valence electrons. The highest BCUT2D eigenvalue weighted by Crippen LogP contribution is 2.31. The number of amides is 1. The van der Waals surface area contributed by atoms with Crippen LogP contribution in [0.2, 0.25) is 0 Å². The molecule has 2 N–H and O–H groups in total. The van der Waals surface area contributed by atoms with E-state index in [4.69, 9.17) is 0 Å². The van der Waals surface area contributed by atoms with E-state index in [0.29, 0.717) is 11.0 Å². The van der Waals surface area contributed by atoms with Gasteiger partial charge in [0.1, 0.15) is 0 Å². The molecule has 1 aliphatic heterocycles. The van der Waals surface area contributed by atoms with Crippen molar-refractivity contribution in [2.75, 3.05) is 18.8 Å². The summed E-state index contributed by atoms with van der Waals surface area (Å²) in [5.41, 5.74) is 0.117. The van der Waals surface area contributed by atoms with Crippen molar-refractivity contribution in [1.82, 2.24) is 10.6 Å². The fourth-order valence-electron chi connectivity index (χ4n) is 2.36. The molecular weight excluding hydrogens is 220 g/mol. The lowest BCUT2D eigenvalue weighted by molar-refractivity contribution is -0.121. The number of rotatable bonds is 4. The lowest BCUT2D eigenvalue weighted by atomic mass is 9.78. The lowest BCUT2D eigenvalue weighted by Crippen LogP contribution is -2.51. The van der Waals surface area contributed by atoms with Gasteiger partial charge in [-0.05, 0) is 52.1 Å². The van der Waals surface area contributed by atoms with Crippen molar-refractivity contribution in [1.29, 1.82) is 0 Å². The molecule has 2 aliphatic rings. The smallest absolute Gasteiger partial charge is 0.230 e. The zero-order valence-electron chi connectivity index (χ0n) is 10.1. The van der Waals surface area contributed by atoms with E-state index in [1.54, 1.807) is 0 Å². The summed E-state index contributed by atoms with van der Waals surface area (Å²) in [4.78, 5) is 11.7. The quantitative estimate of drug-likeness (QED) is 0.785. The van der Waals surface area contributed by atoms with Crippen molar-refractivity contribution in [3.05, 3.63) is 0 Å². The highest BCUT2D eigenvalue weighted by atomic mass is 32.2. The second-order valence-corrected chi connectivity index (χ2v) is 6.51. The Kier molecular flexibility index (Phi) is 4.14. The van der Waals surface area contributed by atoms with Gasteiger partial charge in [-0.2, -0.15) is 0 Å². The summed E-state index contributed by atoms with van der Waals surface area (Å²) in [6.45, 7) is 4.37. The third-order valence-electron chi connectivity index (χ3n) is 3.63. The van der Waals surface area contributed by atoms with E-state index in [0.717, 1.165) is 25.9 Å². The first-order valence-electron chi connectivity index (χ1n) is 6.31. The van der Waals surface area contributed by atoms with Crippen LogP contribution in [0, 0.1) is 0 Å². The van der Waals surface area contributed by atoms with Crippen LogP contribution in [0.15, 0.2) is 0 Å². The Labute approximate surface area is 102 Å². The summed E-state index contributed by atoms with van der Waals surface area (Å²) in [5.74, 6) is 0.867. The standard InChI is InChI=1S/C12H22N2OS/c1-12(5-2-6-12)14-11(15)9-16-10-3-7-13-8-4-10/h10,13H,2-9H2,1H3,(H,14,15). The summed E-state index contributed by atoms with van der Waals surface area (Å²) in [7, 11) is 0. The molecule has 0 bridgehead atoms. The number of carbonyl (C=O) groups excluding carboxylic acids is 1. The van der Waals surface area contributed by atoms with E-state index < -0.39 is 0 Å². The maximum Gasteiger partial charge on any atom is 0.230 e. The fraction of sp³-hybridized carbons (Fsp3) is 0.917. The highest BCUT2D eigenvalue weighted by molar-refractivity contribution is 8.00. The maximum absolute atomic E-state index is 11.7. The van der Waals surface area contributed by atoms with E-state index in [1.807, 2.05) is 11.8 Å². The lowest BCUT2D eigenvalue weighted by Gasteiger charge is -2.39. The molecule has 16 heavy (non-hydrogen) atoms. The predicted molar refractivity (Wildman–Crippen MR) is 68.7 cm³/mol. The third kappa shape index (κ3) is 3.39. The van der Waals surface area contributed by atoms with E-state index in [2.05, 4.69) is 17.6 Å². The van der Waals surface area contributed by atoms with E-state index in [9.17, 15) is 4.79 Å². The van der Waals surface area contributed by atoms with Gasteiger partial charge >= 0.3 is 0 Å². The SMILES string of the molecule is CC1(NC(=O)CSC2CCNCC2)CCC1. The Morgan fingerprint density at radius 3 is 2.69 bits per heavy atom. The molecule has 0 aromatic carbocycles. The molecule has 1 aliphatic carbocycles. The minimum atomic E-state index is 0.117. The fourth-order valence-corrected chi connectivity index (χ4v) is 3.39. The number of hydrogen-bond donors (Lipinski definition) is 2. The summed E-state index contributed by atoms with van der Waals surface area (Å²) < 4.78 is 0. The molecule has 1 heterocycles. The van der Waals surface area contributed by atoms with E-state index >= 15 is 0 Å². The molecule has 0 radical (unpaired) electrons. The van der Waals surface area contributed by atoms with E-state index in [-0.39, 0.29) is 11.4 Å². The van der Waals surface area contributed by atoms with Crippen LogP contribution in [-0.2, 0) is 4.79 Å². The Hall–Kier alpha value is -0.220. The van der Waals surface area contributed by atoms with Crippen molar-refractivity contribution in [3.63, 3.8) is 0 Å². The highest BCUT2D eigenvalue weighted by Gasteiger charge is 2.33. The molecule has 0 aromatic rings. The van der Waals surface area contributed by atoms with Crippen LogP contribution in [0.4, 0.5) is 0 Å². The van der Waals surface area contributed by atoms with Gasteiger partial charge in [-0.25, -0.2) is 0 Å². The van der Waals surface area contributed by atoms with Gasteiger partial charge in [0.25, 0.3) is 0 Å². The van der Waals surface area contributed by atoms with Crippen molar-refractivity contribution in [3.8, 4) is 0 Å². The molecule has 3 nitrogen and oxygen atoms in total. The van der Waals surface area contributed by atoms with Gasteiger partial charge in [0, 0.05) is 10.8 Å². The predicted octanol–water partition coefficient (Wildman–Crippen LogP) is 1.53. The van der Waals surface area contributed by atoms with Crippen LogP contribution >= 0.6 is 11.8 Å². The first kappa shape index (κ1) is 12.2. The minimum absolute atomic E-state index is 0.117. The molecule has 0 aromatic heterocycles. The largest absolute Gasteiger partial charge is 0.350 e. The monoisotopic (exact) mass is 242 g/mol. The molecule has 2 fully saturated rings. The van der Waals surface area contributed by atoms with Gasteiger partial charge in [0.05, 0.1) is 5.75 Å². The zero-order chi connectivity index (χ0) is 11.4. The number of nitrogens with one attached hydrogen (secondary N) is 2.